The van der Waals surface area contributed by atoms with Gasteiger partial charge in [0.1, 0.15) is 0 Å². The Hall–Kier alpha value is -2.82. The van der Waals surface area contributed by atoms with Crippen molar-refractivity contribution < 1.29 is 18.1 Å². The molecule has 2 aromatic carbocycles. The molecule has 34 heavy (non-hydrogen) atoms. The maximum atomic E-state index is 12.4. The lowest BCUT2D eigenvalue weighted by Gasteiger charge is -2.36. The third-order valence-corrected chi connectivity index (χ3v) is 6.52. The minimum absolute atomic E-state index is 0.0210. The maximum absolute atomic E-state index is 12.4. The van der Waals surface area contributed by atoms with E-state index < -0.39 is 5.76 Å². The van der Waals surface area contributed by atoms with E-state index in [9.17, 15) is 13.6 Å². The molecule has 1 aliphatic heterocycles. The zero-order chi connectivity index (χ0) is 24.1. The molecule has 1 saturated heterocycles. The Kier molecular flexibility index (Phi) is 7.91. The molecular formula is C24H27F2N5O2S. The Morgan fingerprint density at radius 3 is 2.41 bits per heavy atom. The lowest BCUT2D eigenvalue weighted by atomic mass is 10.1. The number of anilines is 1. The number of piperazine rings is 1. The summed E-state index contributed by atoms with van der Waals surface area (Å²) in [5.41, 5.74) is 2.69. The van der Waals surface area contributed by atoms with E-state index in [2.05, 4.69) is 25.3 Å². The molecule has 3 aromatic rings. The number of halogens is 2. The normalized spacial score (nSPS) is 16.0. The molecule has 0 radical (unpaired) electrons. The van der Waals surface area contributed by atoms with Gasteiger partial charge >= 0.3 is 0 Å². The van der Waals surface area contributed by atoms with E-state index in [0.717, 1.165) is 31.7 Å². The van der Waals surface area contributed by atoms with Gasteiger partial charge < -0.3 is 9.84 Å². The van der Waals surface area contributed by atoms with E-state index >= 15 is 0 Å². The highest BCUT2D eigenvalue weighted by Crippen LogP contribution is 2.26. The van der Waals surface area contributed by atoms with Gasteiger partial charge in [0.05, 0.1) is 12.6 Å². The molecule has 0 spiro atoms. The van der Waals surface area contributed by atoms with Crippen LogP contribution in [0.4, 0.5) is 14.5 Å². The van der Waals surface area contributed by atoms with Crippen LogP contribution in [0.2, 0.25) is 0 Å². The third kappa shape index (κ3) is 6.40. The fourth-order valence-corrected chi connectivity index (χ4v) is 4.31. The van der Waals surface area contributed by atoms with E-state index in [0.29, 0.717) is 34.1 Å². The SMILES string of the molecule is Cc1ccc(-c2noc(C(C)N3CCN(CC(=O)Nc4ccc(SC(F)F)cc4)CC3)n2)cc1. The quantitative estimate of drug-likeness (QED) is 0.463. The molecule has 1 N–H and O–H groups in total. The van der Waals surface area contributed by atoms with Gasteiger partial charge in [-0.25, -0.2) is 0 Å². The van der Waals surface area contributed by atoms with Gasteiger partial charge in [-0.3, -0.25) is 14.6 Å². The number of nitrogens with one attached hydrogen (secondary N) is 1. The number of carbonyl (C=O) groups is 1. The molecule has 7 nitrogen and oxygen atoms in total. The number of amides is 1. The van der Waals surface area contributed by atoms with Gasteiger partial charge in [-0.1, -0.05) is 46.7 Å². The van der Waals surface area contributed by atoms with Crippen molar-refractivity contribution in [3.63, 3.8) is 0 Å². The van der Waals surface area contributed by atoms with Crippen LogP contribution < -0.4 is 5.32 Å². The minimum atomic E-state index is -2.46. The summed E-state index contributed by atoms with van der Waals surface area (Å²) in [6.07, 6.45) is 0. The van der Waals surface area contributed by atoms with Gasteiger partial charge in [0.15, 0.2) is 0 Å². The lowest BCUT2D eigenvalue weighted by molar-refractivity contribution is -0.117. The van der Waals surface area contributed by atoms with Crippen molar-refractivity contribution in [1.29, 1.82) is 0 Å². The van der Waals surface area contributed by atoms with Crippen LogP contribution in [0.1, 0.15) is 24.4 Å². The Balaban J connectivity index is 1.24. The van der Waals surface area contributed by atoms with Crippen molar-refractivity contribution in [3.8, 4) is 11.4 Å². The topological polar surface area (TPSA) is 74.5 Å². The average molecular weight is 488 g/mol. The second kappa shape index (κ2) is 11.1. The van der Waals surface area contributed by atoms with E-state index in [1.165, 1.54) is 5.56 Å². The average Bonchev–Trinajstić information content (AvgIpc) is 3.31. The predicted molar refractivity (Wildman–Crippen MR) is 128 cm³/mol. The standard InChI is InChI=1S/C24H27F2N5O2S/c1-16-3-5-18(6-4-16)22-28-23(33-29-22)17(2)31-13-11-30(12-14-31)15-21(32)27-19-7-9-20(10-8-19)34-24(25)26/h3-10,17,24H,11-15H2,1-2H3,(H,27,32). The molecule has 1 aromatic heterocycles. The smallest absolute Gasteiger partial charge is 0.288 e. The minimum Gasteiger partial charge on any atom is -0.337 e. The zero-order valence-electron chi connectivity index (χ0n) is 19.1. The number of alkyl halides is 2. The number of hydrogen-bond donors (Lipinski definition) is 1. The molecule has 1 amide bonds. The Bertz CT molecular complexity index is 1080. The fourth-order valence-electron chi connectivity index (χ4n) is 3.81. The summed E-state index contributed by atoms with van der Waals surface area (Å²) >= 11 is 0.482. The predicted octanol–water partition coefficient (Wildman–Crippen LogP) is 4.68. The first-order chi connectivity index (χ1) is 16.4. The fraction of sp³-hybridized carbons (Fsp3) is 0.375. The van der Waals surface area contributed by atoms with Gasteiger partial charge in [0, 0.05) is 42.3 Å². The van der Waals surface area contributed by atoms with Crippen molar-refractivity contribution >= 4 is 23.4 Å². The summed E-state index contributed by atoms with van der Waals surface area (Å²) in [6.45, 7) is 7.37. The summed E-state index contributed by atoms with van der Waals surface area (Å²) in [5, 5.41) is 6.96. The highest BCUT2D eigenvalue weighted by molar-refractivity contribution is 7.99. The molecule has 0 bridgehead atoms. The van der Waals surface area contributed by atoms with E-state index in [4.69, 9.17) is 4.52 Å². The van der Waals surface area contributed by atoms with Gasteiger partial charge in [0.2, 0.25) is 17.6 Å². The molecule has 180 valence electrons. The van der Waals surface area contributed by atoms with Crippen molar-refractivity contribution in [2.75, 3.05) is 38.0 Å². The summed E-state index contributed by atoms with van der Waals surface area (Å²) in [5.74, 6) is -1.43. The number of thioether (sulfide) groups is 1. The summed E-state index contributed by atoms with van der Waals surface area (Å²) in [6, 6.07) is 14.4. The highest BCUT2D eigenvalue weighted by atomic mass is 32.2. The van der Waals surface area contributed by atoms with Crippen molar-refractivity contribution in [1.82, 2.24) is 19.9 Å². The van der Waals surface area contributed by atoms with Crippen molar-refractivity contribution in [3.05, 3.63) is 60.0 Å². The van der Waals surface area contributed by atoms with Gasteiger partial charge in [-0.15, -0.1) is 0 Å². The zero-order valence-corrected chi connectivity index (χ0v) is 19.9. The number of aryl methyl sites for hydroxylation is 1. The first-order valence-corrected chi connectivity index (χ1v) is 12.0. The van der Waals surface area contributed by atoms with Gasteiger partial charge in [-0.05, 0) is 38.1 Å². The molecular weight excluding hydrogens is 460 g/mol. The van der Waals surface area contributed by atoms with Crippen LogP contribution in [0.3, 0.4) is 0 Å². The molecule has 1 aliphatic rings. The number of benzene rings is 2. The molecule has 10 heteroatoms. The summed E-state index contributed by atoms with van der Waals surface area (Å²) in [7, 11) is 0. The Morgan fingerprint density at radius 1 is 1.09 bits per heavy atom. The van der Waals surface area contributed by atoms with Crippen LogP contribution >= 0.6 is 11.8 Å². The number of carbonyl (C=O) groups excluding carboxylic acids is 1. The van der Waals surface area contributed by atoms with Gasteiger partial charge in [0.25, 0.3) is 5.76 Å². The maximum Gasteiger partial charge on any atom is 0.288 e. The second-order valence-corrected chi connectivity index (χ2v) is 9.32. The van der Waals surface area contributed by atoms with E-state index in [1.54, 1.807) is 24.3 Å². The lowest BCUT2D eigenvalue weighted by Crippen LogP contribution is -2.49. The second-order valence-electron chi connectivity index (χ2n) is 8.26. The first-order valence-electron chi connectivity index (χ1n) is 11.1. The Morgan fingerprint density at radius 2 is 1.76 bits per heavy atom. The van der Waals surface area contributed by atoms with E-state index in [1.807, 2.05) is 38.1 Å². The number of rotatable bonds is 8. The molecule has 1 unspecified atom stereocenters. The van der Waals surface area contributed by atoms with Crippen LogP contribution in [0, 0.1) is 6.92 Å². The molecule has 1 fully saturated rings. The molecule has 4 rings (SSSR count). The third-order valence-electron chi connectivity index (χ3n) is 5.79. The van der Waals surface area contributed by atoms with Crippen LogP contribution in [0.15, 0.2) is 57.9 Å². The molecule has 2 heterocycles. The van der Waals surface area contributed by atoms with Crippen LogP contribution in [-0.4, -0.2) is 64.3 Å². The van der Waals surface area contributed by atoms with Crippen molar-refractivity contribution in [2.24, 2.45) is 0 Å². The van der Waals surface area contributed by atoms with E-state index in [-0.39, 0.29) is 18.5 Å². The highest BCUT2D eigenvalue weighted by Gasteiger charge is 2.26. The van der Waals surface area contributed by atoms with Gasteiger partial charge in [-0.2, -0.15) is 13.8 Å². The number of nitrogens with zero attached hydrogens (tertiary/aromatic N) is 4. The largest absolute Gasteiger partial charge is 0.337 e. The molecule has 0 saturated carbocycles. The first kappa shape index (κ1) is 24.3. The van der Waals surface area contributed by atoms with Crippen LogP contribution in [-0.2, 0) is 4.79 Å². The molecule has 1 atom stereocenters. The summed E-state index contributed by atoms with van der Waals surface area (Å²) in [4.78, 5) is 21.8. The molecule has 0 aliphatic carbocycles. The number of hydrogen-bond acceptors (Lipinski definition) is 7. The monoisotopic (exact) mass is 487 g/mol. The van der Waals surface area contributed by atoms with Crippen LogP contribution in [0.5, 0.6) is 0 Å². The summed E-state index contributed by atoms with van der Waals surface area (Å²) < 4.78 is 30.4. The number of aromatic nitrogens is 2. The van der Waals surface area contributed by atoms with Crippen LogP contribution in [0.25, 0.3) is 11.4 Å². The van der Waals surface area contributed by atoms with Crippen molar-refractivity contribution in [2.45, 2.75) is 30.5 Å². The Labute approximate surface area is 201 Å².